The van der Waals surface area contributed by atoms with Crippen molar-refractivity contribution in [3.63, 3.8) is 0 Å². The van der Waals surface area contributed by atoms with Crippen LogP contribution in [0.15, 0.2) is 48.5 Å². The molecule has 0 saturated carbocycles. The number of β-amino-alcohol motifs (C(OH)–C–C–N with tert-alkyl or cyclic N) is 2. The summed E-state index contributed by atoms with van der Waals surface area (Å²) in [5.74, 6) is 0.939. The molecule has 1 heterocycles. The summed E-state index contributed by atoms with van der Waals surface area (Å²) in [5, 5.41) is 30.4. The Morgan fingerprint density at radius 1 is 1.03 bits per heavy atom. The molecule has 0 radical (unpaired) electrons. The number of hydrogen-bond donors (Lipinski definition) is 3. The third-order valence-electron chi connectivity index (χ3n) is 5.23. The third kappa shape index (κ3) is 6.57. The molecule has 0 spiro atoms. The Balaban J connectivity index is 1.40. The lowest BCUT2D eigenvalue weighted by atomic mass is 9.85. The first-order chi connectivity index (χ1) is 15.5. The van der Waals surface area contributed by atoms with Crippen LogP contribution in [0.5, 0.6) is 11.5 Å². The zero-order chi connectivity index (χ0) is 22.9. The van der Waals surface area contributed by atoms with Crippen molar-refractivity contribution >= 4 is 6.16 Å². The second-order valence-corrected chi connectivity index (χ2v) is 7.50. The summed E-state index contributed by atoms with van der Waals surface area (Å²) >= 11 is 0. The number of rotatable bonds is 10. The van der Waals surface area contributed by atoms with Gasteiger partial charge in [-0.2, -0.15) is 0 Å². The van der Waals surface area contributed by atoms with Crippen molar-refractivity contribution in [2.24, 2.45) is 0 Å². The molecule has 2 aromatic carbocycles. The molecule has 3 rings (SSSR count). The Morgan fingerprint density at radius 2 is 1.72 bits per heavy atom. The Kier molecular flexibility index (Phi) is 8.69. The van der Waals surface area contributed by atoms with E-state index in [1.54, 1.807) is 31.4 Å². The smallest absolute Gasteiger partial charge is 0.496 e. The van der Waals surface area contributed by atoms with E-state index in [1.807, 2.05) is 24.3 Å². The van der Waals surface area contributed by atoms with Crippen LogP contribution in [-0.2, 0) is 16.2 Å². The molecule has 3 atom stereocenters. The number of carboxylic acid groups (broad SMARTS) is 1. The molecular weight excluding hydrogens is 418 g/mol. The molecule has 1 saturated heterocycles. The molecule has 0 amide bonds. The molecule has 0 unspecified atom stereocenters. The summed E-state index contributed by atoms with van der Waals surface area (Å²) in [4.78, 5) is 15.2. The largest absolute Gasteiger partial charge is 0.525 e. The van der Waals surface area contributed by atoms with Crippen LogP contribution < -0.4 is 9.47 Å². The number of piperidine rings is 1. The maximum absolute atomic E-state index is 10.7. The van der Waals surface area contributed by atoms with Crippen LogP contribution in [0.3, 0.4) is 0 Å². The fraction of sp³-hybridized carbons (Fsp3) is 0.435. The standard InChI is InChI=1S/C23H29NO8/c1-29-21-6-3-2-5-17(21)15-30-11-4-12-31-18-9-7-16(8-10-18)22-19(25)13-24(14-20(22)26)32-23(27)28/h2-3,5-10,19-20,22,25-26H,4,11-15H2,1H3,(H,27,28)/t19-,20+,22-. The minimum Gasteiger partial charge on any atom is -0.496 e. The zero-order valence-corrected chi connectivity index (χ0v) is 17.9. The van der Waals surface area contributed by atoms with Gasteiger partial charge in [0, 0.05) is 17.9 Å². The van der Waals surface area contributed by atoms with Crippen LogP contribution in [0, 0.1) is 0 Å². The average molecular weight is 447 g/mol. The van der Waals surface area contributed by atoms with Crippen LogP contribution in [0.2, 0.25) is 0 Å². The lowest BCUT2D eigenvalue weighted by Gasteiger charge is -2.37. The number of carbonyl (C=O) groups is 1. The van der Waals surface area contributed by atoms with E-state index < -0.39 is 24.3 Å². The van der Waals surface area contributed by atoms with Crippen molar-refractivity contribution in [3.8, 4) is 11.5 Å². The number of aliphatic hydroxyl groups excluding tert-OH is 2. The van der Waals surface area contributed by atoms with E-state index in [0.29, 0.717) is 25.6 Å². The maximum Gasteiger partial charge on any atom is 0.525 e. The van der Waals surface area contributed by atoms with Crippen molar-refractivity contribution in [1.29, 1.82) is 0 Å². The lowest BCUT2D eigenvalue weighted by Crippen LogP contribution is -2.51. The molecule has 1 aliphatic heterocycles. The number of benzene rings is 2. The van der Waals surface area contributed by atoms with Gasteiger partial charge in [-0.05, 0) is 23.8 Å². The van der Waals surface area contributed by atoms with Crippen LogP contribution in [0.4, 0.5) is 4.79 Å². The van der Waals surface area contributed by atoms with E-state index in [4.69, 9.17) is 19.3 Å². The minimum atomic E-state index is -1.48. The number of para-hydroxylation sites is 1. The van der Waals surface area contributed by atoms with Crippen molar-refractivity contribution in [3.05, 3.63) is 59.7 Å². The summed E-state index contributed by atoms with van der Waals surface area (Å²) in [6.07, 6.45) is -2.69. The van der Waals surface area contributed by atoms with Gasteiger partial charge >= 0.3 is 6.16 Å². The zero-order valence-electron chi connectivity index (χ0n) is 17.9. The van der Waals surface area contributed by atoms with Crippen molar-refractivity contribution < 1.29 is 39.2 Å². The first kappa shape index (κ1) is 23.8. The average Bonchev–Trinajstić information content (AvgIpc) is 2.76. The number of ether oxygens (including phenoxy) is 3. The molecule has 32 heavy (non-hydrogen) atoms. The first-order valence-electron chi connectivity index (χ1n) is 10.4. The lowest BCUT2D eigenvalue weighted by molar-refractivity contribution is -0.180. The second-order valence-electron chi connectivity index (χ2n) is 7.50. The van der Waals surface area contributed by atoms with Crippen LogP contribution >= 0.6 is 0 Å². The highest BCUT2D eigenvalue weighted by Gasteiger charge is 2.37. The number of nitrogens with zero attached hydrogens (tertiary/aromatic N) is 1. The van der Waals surface area contributed by atoms with Gasteiger partial charge < -0.3 is 34.4 Å². The Hall–Kier alpha value is -2.85. The predicted molar refractivity (Wildman–Crippen MR) is 115 cm³/mol. The van der Waals surface area contributed by atoms with Gasteiger partial charge in [-0.25, -0.2) is 4.79 Å². The Bertz CT molecular complexity index is 847. The molecule has 174 valence electrons. The molecule has 1 fully saturated rings. The number of methoxy groups -OCH3 is 1. The normalized spacial score (nSPS) is 21.2. The topological polar surface area (TPSA) is 118 Å². The number of hydroxylamine groups is 2. The third-order valence-corrected chi connectivity index (χ3v) is 5.23. The summed E-state index contributed by atoms with van der Waals surface area (Å²) in [7, 11) is 1.64. The van der Waals surface area contributed by atoms with Crippen LogP contribution in [-0.4, -0.2) is 72.2 Å². The van der Waals surface area contributed by atoms with Crippen LogP contribution in [0.25, 0.3) is 0 Å². The van der Waals surface area contributed by atoms with Gasteiger partial charge in [0.05, 0.1) is 52.2 Å². The molecule has 9 nitrogen and oxygen atoms in total. The quantitative estimate of drug-likeness (QED) is 0.472. The highest BCUT2D eigenvalue weighted by molar-refractivity contribution is 5.56. The van der Waals surface area contributed by atoms with Gasteiger partial charge in [0.25, 0.3) is 0 Å². The van der Waals surface area contributed by atoms with Gasteiger partial charge in [0.2, 0.25) is 0 Å². The van der Waals surface area contributed by atoms with Gasteiger partial charge in [0.15, 0.2) is 0 Å². The number of aliphatic hydroxyl groups is 2. The summed E-state index contributed by atoms with van der Waals surface area (Å²) in [6, 6.07) is 14.9. The van der Waals surface area contributed by atoms with Crippen molar-refractivity contribution in [1.82, 2.24) is 5.06 Å². The van der Waals surface area contributed by atoms with Gasteiger partial charge in [-0.1, -0.05) is 30.3 Å². The molecule has 0 aromatic heterocycles. The number of hydrogen-bond acceptors (Lipinski definition) is 8. The predicted octanol–water partition coefficient (Wildman–Crippen LogP) is 2.41. The summed E-state index contributed by atoms with van der Waals surface area (Å²) < 4.78 is 16.7. The Labute approximate surface area is 186 Å². The van der Waals surface area contributed by atoms with E-state index in [1.165, 1.54) is 0 Å². The molecular formula is C23H29NO8. The maximum atomic E-state index is 10.7. The van der Waals surface area contributed by atoms with Crippen molar-refractivity contribution in [2.45, 2.75) is 31.2 Å². The monoisotopic (exact) mass is 447 g/mol. The fourth-order valence-electron chi connectivity index (χ4n) is 3.75. The van der Waals surface area contributed by atoms with E-state index in [-0.39, 0.29) is 13.1 Å². The van der Waals surface area contributed by atoms with E-state index >= 15 is 0 Å². The molecule has 0 aliphatic carbocycles. The van der Waals surface area contributed by atoms with E-state index in [2.05, 4.69) is 4.84 Å². The molecule has 3 N–H and O–H groups in total. The first-order valence-corrected chi connectivity index (χ1v) is 10.4. The summed E-state index contributed by atoms with van der Waals surface area (Å²) in [6.45, 7) is 1.48. The van der Waals surface area contributed by atoms with Gasteiger partial charge in [0.1, 0.15) is 11.5 Å². The van der Waals surface area contributed by atoms with E-state index in [0.717, 1.165) is 28.4 Å². The molecule has 2 aromatic rings. The van der Waals surface area contributed by atoms with Gasteiger partial charge in [-0.15, -0.1) is 5.06 Å². The highest BCUT2D eigenvalue weighted by Crippen LogP contribution is 2.30. The highest BCUT2D eigenvalue weighted by atomic mass is 16.8. The van der Waals surface area contributed by atoms with E-state index in [9.17, 15) is 15.0 Å². The Morgan fingerprint density at radius 3 is 2.38 bits per heavy atom. The molecule has 1 aliphatic rings. The SMILES string of the molecule is COc1ccccc1COCCCOc1ccc([C@@H]2[C@H](O)CN(OC(=O)O)C[C@@H]2O)cc1. The summed E-state index contributed by atoms with van der Waals surface area (Å²) in [5.41, 5.74) is 1.74. The second kappa shape index (κ2) is 11.7. The molecule has 9 heteroatoms. The fourth-order valence-corrected chi connectivity index (χ4v) is 3.75. The van der Waals surface area contributed by atoms with Crippen molar-refractivity contribution in [2.75, 3.05) is 33.4 Å². The van der Waals surface area contributed by atoms with Gasteiger partial charge in [-0.3, -0.25) is 0 Å². The minimum absolute atomic E-state index is 0.0128. The van der Waals surface area contributed by atoms with Crippen LogP contribution in [0.1, 0.15) is 23.5 Å². The molecule has 0 bridgehead atoms.